The molecule has 1 aliphatic heterocycles. The second-order valence-corrected chi connectivity index (χ2v) is 12.3. The summed E-state index contributed by atoms with van der Waals surface area (Å²) >= 11 is 0. The number of amides is 3. The van der Waals surface area contributed by atoms with Gasteiger partial charge in [0.25, 0.3) is 5.91 Å². The molecule has 4 aromatic rings. The minimum Gasteiger partial charge on any atom is -0.352 e. The molecule has 8 nitrogen and oxygen atoms in total. The Morgan fingerprint density at radius 1 is 0.660 bits per heavy atom. The molecular weight excluding hydrogens is 607 g/mol. The molecule has 11 heteroatoms. The van der Waals surface area contributed by atoms with Crippen LogP contribution in [0.4, 0.5) is 24.8 Å². The van der Waals surface area contributed by atoms with E-state index in [1.54, 1.807) is 12.1 Å². The summed E-state index contributed by atoms with van der Waals surface area (Å²) in [5.41, 5.74) is 0.799. The Bertz CT molecular complexity index is 1710. The zero-order valence-corrected chi connectivity index (χ0v) is 25.4. The number of aromatic nitrogens is 2. The van der Waals surface area contributed by atoms with E-state index >= 15 is 0 Å². The number of piperazine rings is 1. The summed E-state index contributed by atoms with van der Waals surface area (Å²) in [5.74, 6) is -1.16. The second-order valence-electron chi connectivity index (χ2n) is 12.3. The lowest BCUT2D eigenvalue weighted by Gasteiger charge is -2.35. The summed E-state index contributed by atoms with van der Waals surface area (Å²) in [4.78, 5) is 45.3. The summed E-state index contributed by atoms with van der Waals surface area (Å²) in [5, 5.41) is 8.69. The average molecular weight is 640 g/mol. The molecule has 1 aromatic heterocycles. The third kappa shape index (κ3) is 6.22. The van der Waals surface area contributed by atoms with Crippen LogP contribution in [0.1, 0.15) is 51.7 Å². The van der Waals surface area contributed by atoms with Crippen LogP contribution >= 0.6 is 0 Å². The van der Waals surface area contributed by atoms with Gasteiger partial charge >= 0.3 is 6.18 Å². The number of halogens is 3. The van der Waals surface area contributed by atoms with Gasteiger partial charge in [0.1, 0.15) is 0 Å². The van der Waals surface area contributed by atoms with E-state index in [1.165, 1.54) is 28.0 Å². The van der Waals surface area contributed by atoms with Crippen LogP contribution in [0.25, 0.3) is 0 Å². The molecule has 0 radical (unpaired) electrons. The van der Waals surface area contributed by atoms with Gasteiger partial charge in [0, 0.05) is 38.0 Å². The van der Waals surface area contributed by atoms with Crippen molar-refractivity contribution in [3.63, 3.8) is 0 Å². The van der Waals surface area contributed by atoms with Crippen molar-refractivity contribution in [2.75, 3.05) is 36.0 Å². The van der Waals surface area contributed by atoms with Gasteiger partial charge in [0.2, 0.25) is 11.8 Å². The topological polar surface area (TPSA) is 86.7 Å². The fraction of sp³-hybridized carbons (Fsp3) is 0.306. The lowest BCUT2D eigenvalue weighted by molar-refractivity contribution is -0.138. The van der Waals surface area contributed by atoms with E-state index in [9.17, 15) is 27.6 Å². The standard InChI is InChI=1S/C36H32F3N5O3/c37-36(38,39)30-14-8-7-13-25(30)33(45)43-19-17-42(18-20-43)31-15-16-32(41-40-31)44(34(46)28-21-26(28)23-9-3-1-4-10-23)35(47)29-22-27(29)24-11-5-2-6-12-24/h1-16,26-29H,17-22H2. The van der Waals surface area contributed by atoms with Crippen LogP contribution in [0.2, 0.25) is 0 Å². The van der Waals surface area contributed by atoms with Crippen molar-refractivity contribution >= 4 is 29.4 Å². The van der Waals surface area contributed by atoms with Crippen molar-refractivity contribution in [2.24, 2.45) is 11.8 Å². The largest absolute Gasteiger partial charge is 0.417 e. The van der Waals surface area contributed by atoms with E-state index in [4.69, 9.17) is 0 Å². The Balaban J connectivity index is 1.06. The Hall–Kier alpha value is -5.06. The number of carbonyl (C=O) groups is 3. The predicted octanol–water partition coefficient (Wildman–Crippen LogP) is 5.92. The quantitative estimate of drug-likeness (QED) is 0.233. The van der Waals surface area contributed by atoms with Gasteiger partial charge in [-0.3, -0.25) is 14.4 Å². The minimum atomic E-state index is -4.63. The molecule has 0 N–H and O–H groups in total. The van der Waals surface area contributed by atoms with E-state index in [-0.39, 0.29) is 60.0 Å². The fourth-order valence-electron chi connectivity index (χ4n) is 6.57. The van der Waals surface area contributed by atoms with Gasteiger partial charge in [-0.2, -0.15) is 13.2 Å². The van der Waals surface area contributed by atoms with Gasteiger partial charge in [-0.25, -0.2) is 4.90 Å². The fourth-order valence-corrected chi connectivity index (χ4v) is 6.57. The molecule has 1 saturated heterocycles. The number of benzene rings is 3. The van der Waals surface area contributed by atoms with Gasteiger partial charge in [0.15, 0.2) is 11.6 Å². The molecule has 2 aliphatic carbocycles. The van der Waals surface area contributed by atoms with Crippen molar-refractivity contribution in [1.29, 1.82) is 0 Å². The van der Waals surface area contributed by atoms with Crippen LogP contribution in [0.15, 0.2) is 97.1 Å². The van der Waals surface area contributed by atoms with Gasteiger partial charge in [0.05, 0.1) is 11.1 Å². The highest BCUT2D eigenvalue weighted by molar-refractivity contribution is 6.17. The number of alkyl halides is 3. The van der Waals surface area contributed by atoms with Crippen LogP contribution in [-0.4, -0.2) is 59.0 Å². The maximum absolute atomic E-state index is 13.9. The molecule has 3 aromatic carbocycles. The Labute approximate surface area is 269 Å². The summed E-state index contributed by atoms with van der Waals surface area (Å²) in [7, 11) is 0. The Kier molecular flexibility index (Phi) is 7.99. The first-order valence-electron chi connectivity index (χ1n) is 15.7. The summed E-state index contributed by atoms with van der Waals surface area (Å²) in [6, 6.07) is 27.7. The summed E-state index contributed by atoms with van der Waals surface area (Å²) in [6.07, 6.45) is -3.32. The van der Waals surface area contributed by atoms with Crippen LogP contribution in [-0.2, 0) is 15.8 Å². The van der Waals surface area contributed by atoms with Crippen molar-refractivity contribution in [3.8, 4) is 0 Å². The maximum atomic E-state index is 13.9. The summed E-state index contributed by atoms with van der Waals surface area (Å²) < 4.78 is 40.5. The van der Waals surface area contributed by atoms with Gasteiger partial charge in [-0.05, 0) is 60.1 Å². The van der Waals surface area contributed by atoms with Gasteiger partial charge < -0.3 is 9.80 Å². The third-order valence-corrected chi connectivity index (χ3v) is 9.33. The van der Waals surface area contributed by atoms with Crippen LogP contribution in [0.3, 0.4) is 0 Å². The first kappa shape index (κ1) is 30.6. The van der Waals surface area contributed by atoms with E-state index in [1.807, 2.05) is 65.6 Å². The first-order valence-corrected chi connectivity index (χ1v) is 15.7. The van der Waals surface area contributed by atoms with Crippen molar-refractivity contribution in [2.45, 2.75) is 30.9 Å². The first-order chi connectivity index (χ1) is 22.7. The average Bonchev–Trinajstić information content (AvgIpc) is 4.04. The number of imide groups is 1. The molecule has 4 atom stereocenters. The number of nitrogens with zero attached hydrogens (tertiary/aromatic N) is 5. The number of hydrogen-bond acceptors (Lipinski definition) is 6. The molecule has 3 amide bonds. The molecule has 3 aliphatic rings. The lowest BCUT2D eigenvalue weighted by Crippen LogP contribution is -2.49. The van der Waals surface area contributed by atoms with Gasteiger partial charge in [-0.1, -0.05) is 72.8 Å². The molecule has 7 rings (SSSR count). The number of hydrogen-bond donors (Lipinski definition) is 0. The monoisotopic (exact) mass is 639 g/mol. The normalized spacial score (nSPS) is 22.0. The molecule has 0 bridgehead atoms. The maximum Gasteiger partial charge on any atom is 0.417 e. The summed E-state index contributed by atoms with van der Waals surface area (Å²) in [6.45, 7) is 1.06. The number of carbonyl (C=O) groups excluding carboxylic acids is 3. The zero-order valence-electron chi connectivity index (χ0n) is 25.4. The molecule has 4 unspecified atom stereocenters. The van der Waals surface area contributed by atoms with Crippen LogP contribution < -0.4 is 9.80 Å². The van der Waals surface area contributed by atoms with E-state index in [0.717, 1.165) is 17.2 Å². The predicted molar refractivity (Wildman–Crippen MR) is 169 cm³/mol. The van der Waals surface area contributed by atoms with Crippen LogP contribution in [0, 0.1) is 11.8 Å². The van der Waals surface area contributed by atoms with Crippen molar-refractivity contribution < 1.29 is 27.6 Å². The Morgan fingerprint density at radius 3 is 1.70 bits per heavy atom. The van der Waals surface area contributed by atoms with E-state index in [0.29, 0.717) is 31.7 Å². The highest BCUT2D eigenvalue weighted by Crippen LogP contribution is 2.52. The molecule has 2 saturated carbocycles. The molecule has 2 heterocycles. The SMILES string of the molecule is O=C(c1ccccc1C(F)(F)F)N1CCN(c2ccc(N(C(=O)C3CC3c3ccccc3)C(=O)C3CC3c3ccccc3)nn2)CC1. The van der Waals surface area contributed by atoms with E-state index in [2.05, 4.69) is 10.2 Å². The van der Waals surface area contributed by atoms with Crippen molar-refractivity contribution in [3.05, 3.63) is 119 Å². The smallest absolute Gasteiger partial charge is 0.352 e. The van der Waals surface area contributed by atoms with Gasteiger partial charge in [-0.15, -0.1) is 10.2 Å². The lowest BCUT2D eigenvalue weighted by atomic mass is 10.1. The minimum absolute atomic E-state index is 0.0393. The van der Waals surface area contributed by atoms with Crippen molar-refractivity contribution in [1.82, 2.24) is 15.1 Å². The highest BCUT2D eigenvalue weighted by atomic mass is 19.4. The Morgan fingerprint density at radius 2 is 1.19 bits per heavy atom. The highest BCUT2D eigenvalue weighted by Gasteiger charge is 2.52. The number of rotatable bonds is 7. The second kappa shape index (κ2) is 12.3. The molecular formula is C36H32F3N5O3. The zero-order chi connectivity index (χ0) is 32.7. The molecule has 3 fully saturated rings. The molecule has 0 spiro atoms. The third-order valence-electron chi connectivity index (χ3n) is 9.33. The van der Waals surface area contributed by atoms with E-state index < -0.39 is 17.6 Å². The number of anilines is 2. The van der Waals surface area contributed by atoms with Crippen LogP contribution in [0.5, 0.6) is 0 Å². The molecule has 240 valence electrons. The molecule has 47 heavy (non-hydrogen) atoms.